The van der Waals surface area contributed by atoms with Crippen LogP contribution in [0.25, 0.3) is 21.8 Å². The van der Waals surface area contributed by atoms with Gasteiger partial charge in [0.2, 0.25) is 0 Å². The second kappa shape index (κ2) is 7.02. The summed E-state index contributed by atoms with van der Waals surface area (Å²) in [5.74, 6) is 0. The van der Waals surface area contributed by atoms with Crippen LogP contribution in [0.3, 0.4) is 0 Å². The van der Waals surface area contributed by atoms with Crippen LogP contribution in [0.5, 0.6) is 0 Å². The van der Waals surface area contributed by atoms with Crippen LogP contribution in [0.1, 0.15) is 0 Å². The molecule has 0 aliphatic carbocycles. The molecular formula is C25H18NOS+. The number of benzene rings is 4. The Balaban J connectivity index is 1.76. The zero-order chi connectivity index (χ0) is 18.9. The largest absolute Gasteiger partial charge is 0.354 e. The molecule has 2 nitrogen and oxygen atoms in total. The third-order valence-electron chi connectivity index (χ3n) is 4.87. The fraction of sp³-hybridized carbons (Fsp3) is 0. The topological polar surface area (TPSA) is 32.9 Å². The molecule has 0 saturated carbocycles. The second-order valence-electron chi connectivity index (χ2n) is 6.64. The van der Waals surface area contributed by atoms with Crippen LogP contribution >= 0.6 is 0 Å². The molecular weight excluding hydrogens is 362 g/mol. The minimum atomic E-state index is -0.265. The lowest BCUT2D eigenvalue weighted by Gasteiger charge is -2.09. The summed E-state index contributed by atoms with van der Waals surface area (Å²) < 4.78 is 0. The summed E-state index contributed by atoms with van der Waals surface area (Å²) >= 11 is 0. The number of fused-ring (bicyclic) bond motifs is 2. The van der Waals surface area contributed by atoms with Crippen LogP contribution in [0.2, 0.25) is 0 Å². The van der Waals surface area contributed by atoms with Crippen molar-refractivity contribution in [3.63, 3.8) is 0 Å². The zero-order valence-corrected chi connectivity index (χ0v) is 15.9. The predicted octanol–water partition coefficient (Wildman–Crippen LogP) is 5.78. The number of rotatable bonds is 3. The highest BCUT2D eigenvalue weighted by Gasteiger charge is 2.28. The van der Waals surface area contributed by atoms with Crippen molar-refractivity contribution in [1.29, 1.82) is 0 Å². The number of aromatic amines is 1. The maximum atomic E-state index is 13.1. The molecule has 0 aliphatic rings. The molecule has 0 spiro atoms. The highest BCUT2D eigenvalue weighted by atomic mass is 32.2. The highest BCUT2D eigenvalue weighted by molar-refractivity contribution is 7.97. The minimum absolute atomic E-state index is 0.0795. The van der Waals surface area contributed by atoms with E-state index in [1.54, 1.807) is 0 Å². The van der Waals surface area contributed by atoms with Gasteiger partial charge in [0.05, 0.1) is 21.8 Å². The van der Waals surface area contributed by atoms with Crippen LogP contribution in [-0.2, 0) is 10.9 Å². The van der Waals surface area contributed by atoms with Crippen molar-refractivity contribution >= 4 is 32.7 Å². The van der Waals surface area contributed by atoms with E-state index in [0.717, 1.165) is 26.7 Å². The Kier molecular flexibility index (Phi) is 4.22. The van der Waals surface area contributed by atoms with Crippen molar-refractivity contribution in [2.24, 2.45) is 0 Å². The van der Waals surface area contributed by atoms with E-state index in [0.29, 0.717) is 0 Å². The second-order valence-corrected chi connectivity index (χ2v) is 8.67. The van der Waals surface area contributed by atoms with Crippen LogP contribution < -0.4 is 5.43 Å². The Morgan fingerprint density at radius 1 is 0.536 bits per heavy atom. The van der Waals surface area contributed by atoms with Gasteiger partial charge in [-0.25, -0.2) is 0 Å². The van der Waals surface area contributed by atoms with E-state index >= 15 is 0 Å². The number of para-hydroxylation sites is 1. The molecule has 0 unspecified atom stereocenters. The fourth-order valence-corrected chi connectivity index (χ4v) is 5.66. The standard InChI is InChI=1S/C25H17NOS/c27-25-21-13-7-8-14-23(21)26-24-16-15-20(17-22(24)25)28(18-9-3-1-4-10-18)19-11-5-2-6-12-19/h1-17H/p+1. The highest BCUT2D eigenvalue weighted by Crippen LogP contribution is 2.32. The molecule has 28 heavy (non-hydrogen) atoms. The van der Waals surface area contributed by atoms with E-state index in [1.807, 2.05) is 42.5 Å². The number of H-pyrrole nitrogens is 1. The van der Waals surface area contributed by atoms with E-state index in [1.165, 1.54) is 9.79 Å². The minimum Gasteiger partial charge on any atom is -0.354 e. The summed E-state index contributed by atoms with van der Waals surface area (Å²) in [5, 5.41) is 1.46. The first-order chi connectivity index (χ1) is 13.8. The molecule has 4 aromatic carbocycles. The zero-order valence-electron chi connectivity index (χ0n) is 15.1. The summed E-state index contributed by atoms with van der Waals surface area (Å²) in [6.45, 7) is 0. The number of pyridine rings is 1. The van der Waals surface area contributed by atoms with E-state index in [9.17, 15) is 4.79 Å². The van der Waals surface area contributed by atoms with Crippen molar-refractivity contribution in [2.45, 2.75) is 14.7 Å². The van der Waals surface area contributed by atoms with E-state index < -0.39 is 0 Å². The third kappa shape index (κ3) is 2.90. The lowest BCUT2D eigenvalue weighted by atomic mass is 10.1. The number of hydrogen-bond acceptors (Lipinski definition) is 1. The average molecular weight is 380 g/mol. The molecule has 0 atom stereocenters. The van der Waals surface area contributed by atoms with Gasteiger partial charge in [-0.15, -0.1) is 0 Å². The SMILES string of the molecule is O=c1c2ccccc2[nH]c2ccc([S+](c3ccccc3)c3ccccc3)cc12. The Bertz CT molecular complexity index is 1290. The van der Waals surface area contributed by atoms with Gasteiger partial charge in [0.1, 0.15) is 0 Å². The lowest BCUT2D eigenvalue weighted by molar-refractivity contribution is 1.32. The Morgan fingerprint density at radius 3 is 1.79 bits per heavy atom. The van der Waals surface area contributed by atoms with Crippen LogP contribution in [0.4, 0.5) is 0 Å². The fourth-order valence-electron chi connectivity index (χ4n) is 3.55. The molecule has 0 fully saturated rings. The van der Waals surface area contributed by atoms with Crippen molar-refractivity contribution in [3.05, 3.63) is 113 Å². The van der Waals surface area contributed by atoms with Gasteiger partial charge in [-0.05, 0) is 48.5 Å². The molecule has 0 radical (unpaired) electrons. The normalized spacial score (nSPS) is 11.3. The smallest absolute Gasteiger partial charge is 0.197 e. The molecule has 0 aliphatic heterocycles. The van der Waals surface area contributed by atoms with Crippen molar-refractivity contribution in [3.8, 4) is 0 Å². The molecule has 0 saturated heterocycles. The van der Waals surface area contributed by atoms with Gasteiger partial charge >= 0.3 is 0 Å². The molecule has 1 N–H and O–H groups in total. The van der Waals surface area contributed by atoms with E-state index in [4.69, 9.17) is 0 Å². The molecule has 1 aromatic heterocycles. The first kappa shape index (κ1) is 16.8. The van der Waals surface area contributed by atoms with Crippen molar-refractivity contribution < 1.29 is 0 Å². The molecule has 5 aromatic rings. The Labute approximate surface area is 165 Å². The summed E-state index contributed by atoms with van der Waals surface area (Å²) in [6.07, 6.45) is 0. The third-order valence-corrected chi connectivity index (χ3v) is 7.08. The lowest BCUT2D eigenvalue weighted by Crippen LogP contribution is -2.08. The van der Waals surface area contributed by atoms with Crippen LogP contribution in [-0.4, -0.2) is 4.98 Å². The summed E-state index contributed by atoms with van der Waals surface area (Å²) in [5.41, 5.74) is 1.82. The maximum absolute atomic E-state index is 13.1. The van der Waals surface area contributed by atoms with Gasteiger partial charge in [0.15, 0.2) is 20.1 Å². The van der Waals surface area contributed by atoms with E-state index in [-0.39, 0.29) is 16.3 Å². The Hall–Kier alpha value is -3.30. The molecule has 134 valence electrons. The average Bonchev–Trinajstić information content (AvgIpc) is 2.76. The number of hydrogen-bond donors (Lipinski definition) is 1. The predicted molar refractivity (Wildman–Crippen MR) is 117 cm³/mol. The summed E-state index contributed by atoms with van der Waals surface area (Å²) in [4.78, 5) is 20.1. The Morgan fingerprint density at radius 2 is 1.11 bits per heavy atom. The van der Waals surface area contributed by atoms with Crippen LogP contribution in [0.15, 0.2) is 123 Å². The molecule has 5 rings (SSSR count). The first-order valence-corrected chi connectivity index (χ1v) is 10.4. The van der Waals surface area contributed by atoms with E-state index in [2.05, 4.69) is 65.6 Å². The summed E-state index contributed by atoms with van der Waals surface area (Å²) in [7, 11) is -0.265. The number of nitrogens with one attached hydrogen (secondary N) is 1. The van der Waals surface area contributed by atoms with Gasteiger partial charge in [0, 0.05) is 17.0 Å². The molecule has 0 amide bonds. The van der Waals surface area contributed by atoms with Crippen molar-refractivity contribution in [2.75, 3.05) is 0 Å². The molecule has 0 bridgehead atoms. The van der Waals surface area contributed by atoms with Crippen molar-refractivity contribution in [1.82, 2.24) is 4.98 Å². The summed E-state index contributed by atoms with van der Waals surface area (Å²) in [6, 6.07) is 34.9. The van der Waals surface area contributed by atoms with Gasteiger partial charge in [-0.2, -0.15) is 0 Å². The number of aromatic nitrogens is 1. The van der Waals surface area contributed by atoms with Gasteiger partial charge in [0.25, 0.3) is 0 Å². The van der Waals surface area contributed by atoms with Crippen LogP contribution in [0, 0.1) is 0 Å². The van der Waals surface area contributed by atoms with Gasteiger partial charge in [-0.1, -0.05) is 48.5 Å². The maximum Gasteiger partial charge on any atom is 0.197 e. The quantitative estimate of drug-likeness (QED) is 0.312. The molecule has 3 heteroatoms. The van der Waals surface area contributed by atoms with Gasteiger partial charge in [-0.3, -0.25) is 4.79 Å². The first-order valence-electron chi connectivity index (χ1n) is 9.20. The van der Waals surface area contributed by atoms with Gasteiger partial charge < -0.3 is 4.98 Å². The molecule has 1 heterocycles. The monoisotopic (exact) mass is 380 g/mol.